The molecule has 4 aromatic rings. The lowest BCUT2D eigenvalue weighted by molar-refractivity contribution is -0.115. The van der Waals surface area contributed by atoms with Gasteiger partial charge in [-0.05, 0) is 43.3 Å². The van der Waals surface area contributed by atoms with Crippen molar-refractivity contribution in [1.82, 2.24) is 9.97 Å². The monoisotopic (exact) mass is 401 g/mol. The first-order valence-electron chi connectivity index (χ1n) is 9.15. The molecule has 0 spiro atoms. The van der Waals surface area contributed by atoms with Crippen molar-refractivity contribution < 1.29 is 9.53 Å². The molecule has 144 valence electrons. The number of nitrogens with zero attached hydrogens (tertiary/aromatic N) is 2. The van der Waals surface area contributed by atoms with Crippen LogP contribution in [0, 0.1) is 6.92 Å². The molecule has 0 fully saturated rings. The Morgan fingerprint density at radius 3 is 2.69 bits per heavy atom. The lowest BCUT2D eigenvalue weighted by Crippen LogP contribution is -2.15. The molecule has 0 bridgehead atoms. The molecule has 2 heterocycles. The van der Waals surface area contributed by atoms with Gasteiger partial charge >= 0.3 is 0 Å². The highest BCUT2D eigenvalue weighted by Crippen LogP contribution is 2.30. The molecule has 2 aromatic carbocycles. The van der Waals surface area contributed by atoms with Gasteiger partial charge in [-0.25, -0.2) is 4.98 Å². The fourth-order valence-corrected chi connectivity index (χ4v) is 3.57. The second-order valence-electron chi connectivity index (χ2n) is 6.52. The highest BCUT2D eigenvalue weighted by molar-refractivity contribution is 7.13. The molecule has 0 aliphatic rings. The number of thiazole rings is 1. The molecule has 0 saturated heterocycles. The number of nitrogens with one attached hydrogen (secondary N) is 1. The maximum Gasteiger partial charge on any atom is 0.230 e. The topological polar surface area (TPSA) is 64.1 Å². The third-order valence-corrected chi connectivity index (χ3v) is 5.15. The summed E-state index contributed by atoms with van der Waals surface area (Å²) >= 11 is 1.50. The van der Waals surface area contributed by atoms with Crippen LogP contribution in [0.5, 0.6) is 11.5 Å². The number of rotatable bonds is 6. The van der Waals surface area contributed by atoms with Crippen molar-refractivity contribution in [2.45, 2.75) is 13.3 Å². The van der Waals surface area contributed by atoms with Crippen LogP contribution in [0.3, 0.4) is 0 Å². The Morgan fingerprint density at radius 1 is 1.07 bits per heavy atom. The number of carbonyl (C=O) groups is 1. The van der Waals surface area contributed by atoms with E-state index in [1.54, 1.807) is 12.4 Å². The Bertz CT molecular complexity index is 1110. The Morgan fingerprint density at radius 2 is 1.90 bits per heavy atom. The molecule has 0 aliphatic carbocycles. The molecule has 1 amide bonds. The highest BCUT2D eigenvalue weighted by atomic mass is 32.1. The zero-order valence-electron chi connectivity index (χ0n) is 15.8. The van der Waals surface area contributed by atoms with Gasteiger partial charge in [0, 0.05) is 23.3 Å². The Kier molecular flexibility index (Phi) is 5.63. The minimum atomic E-state index is -0.145. The van der Waals surface area contributed by atoms with Crippen molar-refractivity contribution in [2.24, 2.45) is 0 Å². The summed E-state index contributed by atoms with van der Waals surface area (Å²) in [6, 6.07) is 19.0. The van der Waals surface area contributed by atoms with E-state index in [1.807, 2.05) is 73.0 Å². The van der Waals surface area contributed by atoms with Crippen LogP contribution in [0.4, 0.5) is 5.69 Å². The fourth-order valence-electron chi connectivity index (χ4n) is 2.76. The van der Waals surface area contributed by atoms with Crippen LogP contribution in [0.25, 0.3) is 10.6 Å². The molecule has 0 unspecified atom stereocenters. The minimum absolute atomic E-state index is 0.145. The van der Waals surface area contributed by atoms with Gasteiger partial charge in [0.25, 0.3) is 0 Å². The van der Waals surface area contributed by atoms with Crippen LogP contribution in [0.15, 0.2) is 78.4 Å². The van der Waals surface area contributed by atoms with E-state index in [0.29, 0.717) is 11.4 Å². The zero-order valence-corrected chi connectivity index (χ0v) is 16.6. The number of aryl methyl sites for hydroxylation is 1. The lowest BCUT2D eigenvalue weighted by Gasteiger charge is -2.12. The number of anilines is 1. The quantitative estimate of drug-likeness (QED) is 0.464. The van der Waals surface area contributed by atoms with Crippen molar-refractivity contribution in [3.8, 4) is 22.1 Å². The average molecular weight is 401 g/mol. The second-order valence-corrected chi connectivity index (χ2v) is 7.38. The minimum Gasteiger partial charge on any atom is -0.455 e. The van der Waals surface area contributed by atoms with Gasteiger partial charge in [0.15, 0.2) is 5.75 Å². The fraction of sp³-hybridized carbons (Fsp3) is 0.0870. The number of benzene rings is 2. The maximum atomic E-state index is 12.6. The third kappa shape index (κ3) is 4.86. The number of para-hydroxylation sites is 2. The number of amides is 1. The first kappa shape index (κ1) is 18.8. The molecule has 29 heavy (non-hydrogen) atoms. The van der Waals surface area contributed by atoms with Crippen LogP contribution < -0.4 is 10.1 Å². The average Bonchev–Trinajstić information content (AvgIpc) is 3.20. The summed E-state index contributed by atoms with van der Waals surface area (Å²) in [7, 11) is 0. The van der Waals surface area contributed by atoms with E-state index in [-0.39, 0.29) is 12.3 Å². The first-order chi connectivity index (χ1) is 14.2. The van der Waals surface area contributed by atoms with Crippen LogP contribution in [0.1, 0.15) is 11.3 Å². The Labute approximate surface area is 173 Å². The van der Waals surface area contributed by atoms with Crippen molar-refractivity contribution >= 4 is 22.9 Å². The summed E-state index contributed by atoms with van der Waals surface area (Å²) < 4.78 is 5.94. The lowest BCUT2D eigenvalue weighted by atomic mass is 10.2. The molecular formula is C23H19N3O2S. The van der Waals surface area contributed by atoms with Gasteiger partial charge in [-0.1, -0.05) is 29.8 Å². The summed E-state index contributed by atoms with van der Waals surface area (Å²) in [5.41, 5.74) is 3.46. The molecule has 0 aliphatic heterocycles. The van der Waals surface area contributed by atoms with Crippen LogP contribution in [-0.2, 0) is 11.2 Å². The SMILES string of the molecule is Cc1ccc(Oc2ccccc2NC(=O)Cc2csc(-c3cccnc3)n2)cc1. The van der Waals surface area contributed by atoms with Crippen molar-refractivity contribution in [2.75, 3.05) is 5.32 Å². The molecule has 0 radical (unpaired) electrons. The molecule has 4 rings (SSSR count). The Hall–Kier alpha value is -3.51. The zero-order chi connectivity index (χ0) is 20.1. The summed E-state index contributed by atoms with van der Waals surface area (Å²) in [5.74, 6) is 1.17. The summed E-state index contributed by atoms with van der Waals surface area (Å²) in [6.07, 6.45) is 3.68. The highest BCUT2D eigenvalue weighted by Gasteiger charge is 2.12. The van der Waals surface area contributed by atoms with E-state index in [0.717, 1.165) is 27.6 Å². The molecule has 0 saturated carbocycles. The standard InChI is InChI=1S/C23H19N3O2S/c1-16-8-10-19(11-9-16)28-21-7-3-2-6-20(21)26-22(27)13-18-15-29-23(25-18)17-5-4-12-24-14-17/h2-12,14-15H,13H2,1H3,(H,26,27). The van der Waals surface area contributed by atoms with Gasteiger partial charge in [0.1, 0.15) is 10.8 Å². The normalized spacial score (nSPS) is 10.5. The van der Waals surface area contributed by atoms with Gasteiger partial charge in [-0.15, -0.1) is 11.3 Å². The molecule has 1 N–H and O–H groups in total. The number of pyridine rings is 1. The molecule has 2 aromatic heterocycles. The smallest absolute Gasteiger partial charge is 0.230 e. The summed E-state index contributed by atoms with van der Waals surface area (Å²) in [4.78, 5) is 21.2. The van der Waals surface area contributed by atoms with E-state index < -0.39 is 0 Å². The van der Waals surface area contributed by atoms with Crippen LogP contribution in [-0.4, -0.2) is 15.9 Å². The maximum absolute atomic E-state index is 12.6. The van der Waals surface area contributed by atoms with Crippen molar-refractivity contribution in [3.63, 3.8) is 0 Å². The third-order valence-electron chi connectivity index (χ3n) is 4.21. The van der Waals surface area contributed by atoms with E-state index in [4.69, 9.17) is 4.74 Å². The largest absolute Gasteiger partial charge is 0.455 e. The van der Waals surface area contributed by atoms with E-state index in [1.165, 1.54) is 11.3 Å². The summed E-state index contributed by atoms with van der Waals surface area (Å²) in [5, 5.41) is 5.68. The summed E-state index contributed by atoms with van der Waals surface area (Å²) in [6.45, 7) is 2.02. The molecular weight excluding hydrogens is 382 g/mol. The van der Waals surface area contributed by atoms with Crippen molar-refractivity contribution in [3.05, 3.63) is 89.7 Å². The molecule has 0 atom stereocenters. The predicted molar refractivity (Wildman–Crippen MR) is 115 cm³/mol. The van der Waals surface area contributed by atoms with Gasteiger partial charge in [0.2, 0.25) is 5.91 Å². The van der Waals surface area contributed by atoms with E-state index in [2.05, 4.69) is 15.3 Å². The first-order valence-corrected chi connectivity index (χ1v) is 10.0. The number of hydrogen-bond donors (Lipinski definition) is 1. The van der Waals surface area contributed by atoms with Crippen molar-refractivity contribution in [1.29, 1.82) is 0 Å². The van der Waals surface area contributed by atoms with E-state index >= 15 is 0 Å². The number of aromatic nitrogens is 2. The molecule has 5 nitrogen and oxygen atoms in total. The van der Waals surface area contributed by atoms with Crippen LogP contribution in [0.2, 0.25) is 0 Å². The molecule has 6 heteroatoms. The predicted octanol–water partition coefficient (Wildman–Crippen LogP) is 5.49. The second kappa shape index (κ2) is 8.67. The number of hydrogen-bond acceptors (Lipinski definition) is 5. The number of ether oxygens (including phenoxy) is 1. The van der Waals surface area contributed by atoms with Gasteiger partial charge in [-0.2, -0.15) is 0 Å². The van der Waals surface area contributed by atoms with Gasteiger partial charge in [0.05, 0.1) is 17.8 Å². The van der Waals surface area contributed by atoms with Gasteiger partial charge < -0.3 is 10.1 Å². The number of carbonyl (C=O) groups excluding carboxylic acids is 1. The Balaban J connectivity index is 1.44. The van der Waals surface area contributed by atoms with Crippen LogP contribution >= 0.6 is 11.3 Å². The van der Waals surface area contributed by atoms with Gasteiger partial charge in [-0.3, -0.25) is 9.78 Å². The van der Waals surface area contributed by atoms with E-state index in [9.17, 15) is 4.79 Å².